The lowest BCUT2D eigenvalue weighted by atomic mass is 9.96. The van der Waals surface area contributed by atoms with Gasteiger partial charge in [-0.2, -0.15) is 0 Å². The van der Waals surface area contributed by atoms with Crippen LogP contribution < -0.4 is 4.74 Å². The molecule has 0 saturated carbocycles. The van der Waals surface area contributed by atoms with Gasteiger partial charge < -0.3 is 9.84 Å². The lowest BCUT2D eigenvalue weighted by Gasteiger charge is -2.29. The summed E-state index contributed by atoms with van der Waals surface area (Å²) < 4.78 is 6.92. The maximum absolute atomic E-state index is 10.2. The molecular weight excluding hydrogens is 306 g/mol. The van der Waals surface area contributed by atoms with Gasteiger partial charge in [0, 0.05) is 33.9 Å². The van der Waals surface area contributed by atoms with Crippen molar-refractivity contribution in [3.8, 4) is 5.75 Å². The molecule has 0 bridgehead atoms. The van der Waals surface area contributed by atoms with Crippen LogP contribution in [0.2, 0.25) is 0 Å². The molecule has 1 aliphatic rings. The van der Waals surface area contributed by atoms with Gasteiger partial charge in [-0.1, -0.05) is 28.1 Å². The first-order valence-electron chi connectivity index (χ1n) is 6.20. The van der Waals surface area contributed by atoms with E-state index in [4.69, 9.17) is 4.74 Å². The Labute approximate surface area is 120 Å². The van der Waals surface area contributed by atoms with Gasteiger partial charge in [-0.3, -0.25) is 4.98 Å². The van der Waals surface area contributed by atoms with Crippen LogP contribution in [0.25, 0.3) is 0 Å². The number of aliphatic hydroxyl groups excluding tert-OH is 1. The zero-order chi connectivity index (χ0) is 13.4. The van der Waals surface area contributed by atoms with Gasteiger partial charge in [-0.05, 0) is 25.1 Å². The third kappa shape index (κ3) is 2.51. The highest BCUT2D eigenvalue weighted by molar-refractivity contribution is 9.10. The van der Waals surface area contributed by atoms with Gasteiger partial charge in [-0.25, -0.2) is 0 Å². The number of halogens is 1. The minimum absolute atomic E-state index is 0.148. The van der Waals surface area contributed by atoms with Crippen molar-refractivity contribution in [3.05, 3.63) is 57.8 Å². The maximum atomic E-state index is 10.2. The fourth-order valence-electron chi connectivity index (χ4n) is 2.29. The average molecular weight is 320 g/mol. The lowest BCUT2D eigenvalue weighted by Crippen LogP contribution is -2.19. The van der Waals surface area contributed by atoms with Crippen LogP contribution in [-0.4, -0.2) is 10.1 Å². The van der Waals surface area contributed by atoms with E-state index in [0.29, 0.717) is 6.42 Å². The van der Waals surface area contributed by atoms with E-state index in [1.807, 2.05) is 43.5 Å². The Kier molecular flexibility index (Phi) is 3.29. The van der Waals surface area contributed by atoms with Crippen molar-refractivity contribution in [1.82, 2.24) is 4.98 Å². The molecule has 0 spiro atoms. The summed E-state index contributed by atoms with van der Waals surface area (Å²) in [7, 11) is 0. The maximum Gasteiger partial charge on any atom is 0.128 e. The molecule has 0 aliphatic carbocycles. The number of fused-ring (bicyclic) bond motifs is 1. The predicted molar refractivity (Wildman–Crippen MR) is 76.1 cm³/mol. The van der Waals surface area contributed by atoms with Crippen molar-refractivity contribution in [3.63, 3.8) is 0 Å². The number of rotatable bonds is 1. The molecule has 1 aromatic heterocycles. The first-order chi connectivity index (χ1) is 9.13. The lowest BCUT2D eigenvalue weighted by molar-refractivity contribution is 0.0655. The molecule has 3 nitrogen and oxygen atoms in total. The topological polar surface area (TPSA) is 42.4 Å². The minimum Gasteiger partial charge on any atom is -0.485 e. The van der Waals surface area contributed by atoms with Crippen LogP contribution in [0.3, 0.4) is 0 Å². The smallest absolute Gasteiger partial charge is 0.128 e. The second-order valence-electron chi connectivity index (χ2n) is 4.77. The van der Waals surface area contributed by atoms with E-state index in [2.05, 4.69) is 20.9 Å². The summed E-state index contributed by atoms with van der Waals surface area (Å²) in [6, 6.07) is 9.67. The van der Waals surface area contributed by atoms with Gasteiger partial charge in [-0.15, -0.1) is 0 Å². The molecule has 1 aliphatic heterocycles. The third-order valence-corrected chi connectivity index (χ3v) is 3.84. The van der Waals surface area contributed by atoms with Crippen LogP contribution in [0.1, 0.15) is 35.4 Å². The highest BCUT2D eigenvalue weighted by Gasteiger charge is 2.28. The summed E-state index contributed by atoms with van der Waals surface area (Å²) >= 11 is 3.42. The van der Waals surface area contributed by atoms with Crippen molar-refractivity contribution in [2.24, 2.45) is 0 Å². The standard InChI is InChI=1S/C15H14BrNO2/c1-9-2-3-10(8-17-9)14-7-13(18)12-5-4-11(16)6-15(12)19-14/h2-6,8,13-14,18H,7H2,1H3/t13-,14?/m1/s1. The molecule has 2 aromatic rings. The fourth-order valence-corrected chi connectivity index (χ4v) is 2.63. The van der Waals surface area contributed by atoms with Gasteiger partial charge in [0.2, 0.25) is 0 Å². The number of hydrogen-bond acceptors (Lipinski definition) is 3. The van der Waals surface area contributed by atoms with E-state index in [0.717, 1.165) is 27.0 Å². The molecule has 3 rings (SSSR count). The number of aliphatic hydroxyl groups is 1. The minimum atomic E-state index is -0.497. The van der Waals surface area contributed by atoms with Gasteiger partial charge in [0.15, 0.2) is 0 Å². The first kappa shape index (κ1) is 12.6. The van der Waals surface area contributed by atoms with E-state index < -0.39 is 6.10 Å². The Balaban J connectivity index is 1.93. The average Bonchev–Trinajstić information content (AvgIpc) is 2.38. The van der Waals surface area contributed by atoms with E-state index in [9.17, 15) is 5.11 Å². The number of benzene rings is 1. The Morgan fingerprint density at radius 1 is 1.32 bits per heavy atom. The molecule has 98 valence electrons. The highest BCUT2D eigenvalue weighted by atomic mass is 79.9. The Morgan fingerprint density at radius 2 is 2.16 bits per heavy atom. The largest absolute Gasteiger partial charge is 0.485 e. The SMILES string of the molecule is Cc1ccc(C2C[C@@H](O)c3ccc(Br)cc3O2)cn1. The van der Waals surface area contributed by atoms with Gasteiger partial charge in [0.1, 0.15) is 11.9 Å². The van der Waals surface area contributed by atoms with E-state index in [1.54, 1.807) is 0 Å². The second kappa shape index (κ2) is 4.94. The molecule has 0 radical (unpaired) electrons. The zero-order valence-corrected chi connectivity index (χ0v) is 12.1. The van der Waals surface area contributed by atoms with Crippen LogP contribution in [0.15, 0.2) is 41.0 Å². The van der Waals surface area contributed by atoms with E-state index >= 15 is 0 Å². The molecule has 1 aromatic carbocycles. The van der Waals surface area contributed by atoms with Crippen LogP contribution in [0.5, 0.6) is 5.75 Å². The Hall–Kier alpha value is -1.39. The molecule has 1 N–H and O–H groups in total. The Bertz CT molecular complexity index is 598. The van der Waals surface area contributed by atoms with Crippen LogP contribution in [0.4, 0.5) is 0 Å². The van der Waals surface area contributed by atoms with Gasteiger partial charge in [0.25, 0.3) is 0 Å². The molecule has 4 heteroatoms. The normalized spacial score (nSPS) is 21.6. The van der Waals surface area contributed by atoms with Crippen molar-refractivity contribution in [2.45, 2.75) is 25.6 Å². The molecule has 0 fully saturated rings. The van der Waals surface area contributed by atoms with Crippen molar-refractivity contribution < 1.29 is 9.84 Å². The van der Waals surface area contributed by atoms with Crippen molar-refractivity contribution >= 4 is 15.9 Å². The summed E-state index contributed by atoms with van der Waals surface area (Å²) in [5.41, 5.74) is 2.82. The van der Waals surface area contributed by atoms with Crippen LogP contribution >= 0.6 is 15.9 Å². The molecule has 19 heavy (non-hydrogen) atoms. The zero-order valence-electron chi connectivity index (χ0n) is 10.5. The summed E-state index contributed by atoms with van der Waals surface area (Å²) in [4.78, 5) is 4.28. The van der Waals surface area contributed by atoms with Crippen molar-refractivity contribution in [2.75, 3.05) is 0 Å². The predicted octanol–water partition coefficient (Wildman–Crippen LogP) is 3.71. The quantitative estimate of drug-likeness (QED) is 0.871. The number of pyridine rings is 1. The highest BCUT2D eigenvalue weighted by Crippen LogP contribution is 2.41. The summed E-state index contributed by atoms with van der Waals surface area (Å²) in [6.07, 6.45) is 1.72. The third-order valence-electron chi connectivity index (χ3n) is 3.35. The summed E-state index contributed by atoms with van der Waals surface area (Å²) in [5, 5.41) is 10.2. The van der Waals surface area contributed by atoms with E-state index in [1.165, 1.54) is 0 Å². The molecule has 1 unspecified atom stereocenters. The number of aromatic nitrogens is 1. The molecule has 2 atom stereocenters. The number of nitrogens with zero attached hydrogens (tertiary/aromatic N) is 1. The number of ether oxygens (including phenoxy) is 1. The van der Waals surface area contributed by atoms with Gasteiger partial charge in [0.05, 0.1) is 6.10 Å². The molecule has 0 saturated heterocycles. The molecule has 2 heterocycles. The van der Waals surface area contributed by atoms with Crippen LogP contribution in [-0.2, 0) is 0 Å². The first-order valence-corrected chi connectivity index (χ1v) is 6.99. The number of hydrogen-bond donors (Lipinski definition) is 1. The monoisotopic (exact) mass is 319 g/mol. The van der Waals surface area contributed by atoms with Crippen LogP contribution in [0, 0.1) is 6.92 Å². The molecule has 0 amide bonds. The van der Waals surface area contributed by atoms with Gasteiger partial charge >= 0.3 is 0 Å². The summed E-state index contributed by atoms with van der Waals surface area (Å²) in [5.74, 6) is 0.735. The molecular formula is C15H14BrNO2. The Morgan fingerprint density at radius 3 is 2.89 bits per heavy atom. The second-order valence-corrected chi connectivity index (χ2v) is 5.69. The van der Waals surface area contributed by atoms with E-state index in [-0.39, 0.29) is 6.10 Å². The fraction of sp³-hybridized carbons (Fsp3) is 0.267. The summed E-state index contributed by atoms with van der Waals surface area (Å²) in [6.45, 7) is 1.95. The number of aryl methyl sites for hydroxylation is 1. The van der Waals surface area contributed by atoms with Crippen molar-refractivity contribution in [1.29, 1.82) is 0 Å².